The Hall–Kier alpha value is -1.82. The number of pyridine rings is 1. The van der Waals surface area contributed by atoms with Gasteiger partial charge in [0.15, 0.2) is 0 Å². The summed E-state index contributed by atoms with van der Waals surface area (Å²) in [5.74, 6) is 1.30. The first-order valence-electron chi connectivity index (χ1n) is 9.39. The summed E-state index contributed by atoms with van der Waals surface area (Å²) in [6.07, 6.45) is 4.06. The maximum Gasteiger partial charge on any atom is 0.252 e. The molecule has 0 saturated carbocycles. The molecule has 2 heterocycles. The molecule has 1 unspecified atom stereocenters. The van der Waals surface area contributed by atoms with Gasteiger partial charge in [-0.05, 0) is 42.0 Å². The van der Waals surface area contributed by atoms with Crippen LogP contribution in [0.5, 0.6) is 0 Å². The normalized spacial score (nSPS) is 14.2. The third-order valence-electron chi connectivity index (χ3n) is 4.95. The summed E-state index contributed by atoms with van der Waals surface area (Å²) in [4.78, 5) is 19.0. The van der Waals surface area contributed by atoms with Crippen LogP contribution in [0.3, 0.4) is 0 Å². The molecule has 5 nitrogen and oxygen atoms in total. The lowest BCUT2D eigenvalue weighted by Crippen LogP contribution is -2.32. The fraction of sp³-hybridized carbons (Fsp3) is 0.429. The highest BCUT2D eigenvalue weighted by atomic mass is 35.5. The number of carbonyl (C=O) groups is 1. The molecule has 1 atom stereocenters. The fourth-order valence-electron chi connectivity index (χ4n) is 3.20. The molecule has 1 aromatic carbocycles. The number of hydrogen-bond acceptors (Lipinski definition) is 4. The predicted molar refractivity (Wildman–Crippen MR) is 120 cm³/mol. The van der Waals surface area contributed by atoms with Crippen molar-refractivity contribution in [2.24, 2.45) is 5.73 Å². The van der Waals surface area contributed by atoms with Crippen molar-refractivity contribution < 1.29 is 4.79 Å². The Kier molecular flexibility index (Phi) is 9.73. The second kappa shape index (κ2) is 11.2. The number of nitrogens with two attached hydrogens (primary N) is 1. The van der Waals surface area contributed by atoms with Crippen LogP contribution in [0.2, 0.25) is 0 Å². The number of benzene rings is 1. The lowest BCUT2D eigenvalue weighted by atomic mass is 9.99. The second-order valence-corrected chi connectivity index (χ2v) is 7.24. The van der Waals surface area contributed by atoms with E-state index in [9.17, 15) is 4.79 Å². The Labute approximate surface area is 179 Å². The highest BCUT2D eigenvalue weighted by molar-refractivity contribution is 5.94. The van der Waals surface area contributed by atoms with Gasteiger partial charge in [-0.2, -0.15) is 0 Å². The zero-order valence-corrected chi connectivity index (χ0v) is 18.1. The third-order valence-corrected chi connectivity index (χ3v) is 4.95. The molecule has 3 N–H and O–H groups in total. The first-order valence-corrected chi connectivity index (χ1v) is 9.39. The first-order chi connectivity index (χ1) is 12.5. The van der Waals surface area contributed by atoms with Crippen LogP contribution in [0, 0.1) is 0 Å². The van der Waals surface area contributed by atoms with E-state index in [4.69, 9.17) is 5.73 Å². The number of anilines is 1. The average molecular weight is 425 g/mol. The Balaban J connectivity index is 0.00000196. The van der Waals surface area contributed by atoms with Crippen LogP contribution >= 0.6 is 24.8 Å². The van der Waals surface area contributed by atoms with E-state index in [1.807, 2.05) is 24.3 Å². The smallest absolute Gasteiger partial charge is 0.252 e. The largest absolute Gasteiger partial charge is 0.357 e. The van der Waals surface area contributed by atoms with Gasteiger partial charge in [0.2, 0.25) is 0 Å². The third kappa shape index (κ3) is 6.09. The SMILES string of the molecule is CC(C)c1ccc(C(N)CNC(=O)c2ccc(N3CCCC3)nc2)cc1.Cl.Cl. The molecule has 0 spiro atoms. The van der Waals surface area contributed by atoms with E-state index in [1.165, 1.54) is 18.4 Å². The molecule has 1 aromatic heterocycles. The van der Waals surface area contributed by atoms with E-state index in [-0.39, 0.29) is 36.8 Å². The molecule has 2 aromatic rings. The number of rotatable bonds is 6. The average Bonchev–Trinajstić information content (AvgIpc) is 3.21. The quantitative estimate of drug-likeness (QED) is 0.732. The highest BCUT2D eigenvalue weighted by Crippen LogP contribution is 2.19. The molecule has 28 heavy (non-hydrogen) atoms. The maximum absolute atomic E-state index is 12.3. The van der Waals surface area contributed by atoms with Crippen LogP contribution in [-0.2, 0) is 0 Å². The monoisotopic (exact) mass is 424 g/mol. The summed E-state index contributed by atoms with van der Waals surface area (Å²) in [6.45, 7) is 6.82. The van der Waals surface area contributed by atoms with Crippen LogP contribution < -0.4 is 16.0 Å². The van der Waals surface area contributed by atoms with Gasteiger partial charge in [-0.15, -0.1) is 24.8 Å². The zero-order chi connectivity index (χ0) is 18.5. The van der Waals surface area contributed by atoms with Crippen molar-refractivity contribution in [3.05, 3.63) is 59.3 Å². The summed E-state index contributed by atoms with van der Waals surface area (Å²) in [5.41, 5.74) is 9.09. The molecule has 0 bridgehead atoms. The molecule has 0 radical (unpaired) electrons. The van der Waals surface area contributed by atoms with E-state index >= 15 is 0 Å². The van der Waals surface area contributed by atoms with Gasteiger partial charge in [0.1, 0.15) is 5.82 Å². The Morgan fingerprint density at radius 1 is 1.07 bits per heavy atom. The number of aromatic nitrogens is 1. The standard InChI is InChI=1S/C21H28N4O.2ClH/c1-15(2)16-5-7-17(8-6-16)19(22)14-24-21(26)18-9-10-20(23-13-18)25-11-3-4-12-25;;/h5-10,13,15,19H,3-4,11-12,14,22H2,1-2H3,(H,24,26);2*1H. The topological polar surface area (TPSA) is 71.2 Å². The van der Waals surface area contributed by atoms with E-state index in [1.54, 1.807) is 6.20 Å². The van der Waals surface area contributed by atoms with Crippen molar-refractivity contribution >= 4 is 36.5 Å². The van der Waals surface area contributed by atoms with Crippen molar-refractivity contribution in [1.29, 1.82) is 0 Å². The lowest BCUT2D eigenvalue weighted by molar-refractivity contribution is 0.0951. The number of carbonyl (C=O) groups excluding carboxylic acids is 1. The summed E-state index contributed by atoms with van der Waals surface area (Å²) >= 11 is 0. The van der Waals surface area contributed by atoms with Gasteiger partial charge in [-0.3, -0.25) is 4.79 Å². The Bertz CT molecular complexity index is 729. The van der Waals surface area contributed by atoms with E-state index < -0.39 is 0 Å². The number of halogens is 2. The zero-order valence-electron chi connectivity index (χ0n) is 16.4. The van der Waals surface area contributed by atoms with Crippen molar-refractivity contribution in [1.82, 2.24) is 10.3 Å². The minimum Gasteiger partial charge on any atom is -0.357 e. The molecule has 3 rings (SSSR count). The molecule has 1 saturated heterocycles. The minimum atomic E-state index is -0.225. The second-order valence-electron chi connectivity index (χ2n) is 7.24. The predicted octanol–water partition coefficient (Wildman–Crippen LogP) is 4.08. The van der Waals surface area contributed by atoms with E-state index in [0.717, 1.165) is 24.5 Å². The van der Waals surface area contributed by atoms with Gasteiger partial charge >= 0.3 is 0 Å². The van der Waals surface area contributed by atoms with Crippen LogP contribution in [0.4, 0.5) is 5.82 Å². The van der Waals surface area contributed by atoms with Crippen LogP contribution in [0.25, 0.3) is 0 Å². The van der Waals surface area contributed by atoms with Gasteiger partial charge in [0.05, 0.1) is 5.56 Å². The fourth-order valence-corrected chi connectivity index (χ4v) is 3.20. The molecule has 1 aliphatic heterocycles. The van der Waals surface area contributed by atoms with Crippen molar-refractivity contribution in [3.63, 3.8) is 0 Å². The number of nitrogens with one attached hydrogen (secondary N) is 1. The molecular weight excluding hydrogens is 395 g/mol. The Morgan fingerprint density at radius 3 is 2.21 bits per heavy atom. The molecule has 0 aliphatic carbocycles. The van der Waals surface area contributed by atoms with E-state index in [0.29, 0.717) is 18.0 Å². The first kappa shape index (κ1) is 24.2. The number of amides is 1. The summed E-state index contributed by atoms with van der Waals surface area (Å²) in [6, 6.07) is 11.8. The van der Waals surface area contributed by atoms with Gasteiger partial charge in [0.25, 0.3) is 5.91 Å². The van der Waals surface area contributed by atoms with Crippen molar-refractivity contribution in [2.45, 2.75) is 38.6 Å². The molecule has 1 aliphatic rings. The molecule has 1 fully saturated rings. The maximum atomic E-state index is 12.3. The van der Waals surface area contributed by atoms with Crippen molar-refractivity contribution in [2.75, 3.05) is 24.5 Å². The van der Waals surface area contributed by atoms with Gasteiger partial charge in [-0.25, -0.2) is 4.98 Å². The molecule has 7 heteroatoms. The number of hydrogen-bond donors (Lipinski definition) is 2. The van der Waals surface area contributed by atoms with Gasteiger partial charge in [0, 0.05) is 31.9 Å². The molecule has 1 amide bonds. The summed E-state index contributed by atoms with van der Waals surface area (Å²) < 4.78 is 0. The lowest BCUT2D eigenvalue weighted by Gasteiger charge is -2.17. The highest BCUT2D eigenvalue weighted by Gasteiger charge is 2.15. The van der Waals surface area contributed by atoms with E-state index in [2.05, 4.69) is 41.2 Å². The Morgan fingerprint density at radius 2 is 1.68 bits per heavy atom. The minimum absolute atomic E-state index is 0. The summed E-state index contributed by atoms with van der Waals surface area (Å²) in [5, 5.41) is 2.91. The van der Waals surface area contributed by atoms with Crippen LogP contribution in [0.1, 0.15) is 60.1 Å². The van der Waals surface area contributed by atoms with Crippen LogP contribution in [-0.4, -0.2) is 30.5 Å². The molecular formula is C21H30Cl2N4O. The van der Waals surface area contributed by atoms with Crippen LogP contribution in [0.15, 0.2) is 42.6 Å². The number of nitrogens with zero attached hydrogens (tertiary/aromatic N) is 2. The summed E-state index contributed by atoms with van der Waals surface area (Å²) in [7, 11) is 0. The van der Waals surface area contributed by atoms with Crippen molar-refractivity contribution in [3.8, 4) is 0 Å². The van der Waals surface area contributed by atoms with Gasteiger partial charge < -0.3 is 16.0 Å². The molecule has 154 valence electrons. The van der Waals surface area contributed by atoms with Gasteiger partial charge in [-0.1, -0.05) is 38.1 Å².